The molecule has 1 aliphatic heterocycles. The lowest BCUT2D eigenvalue weighted by atomic mass is 10.5. The molecule has 0 aromatic rings. The number of sulfonamides is 1. The molecule has 0 aromatic heterocycles. The van der Waals surface area contributed by atoms with Crippen molar-refractivity contribution in [3.63, 3.8) is 0 Å². The van der Waals surface area contributed by atoms with Crippen molar-refractivity contribution in [2.75, 3.05) is 12.3 Å². The van der Waals surface area contributed by atoms with Crippen molar-refractivity contribution in [1.29, 1.82) is 0 Å². The van der Waals surface area contributed by atoms with Crippen molar-refractivity contribution in [1.82, 2.24) is 4.72 Å². The van der Waals surface area contributed by atoms with Crippen molar-refractivity contribution in [2.24, 2.45) is 0 Å². The smallest absolute Gasteiger partial charge is 0.211 e. The Labute approximate surface area is 50.1 Å². The van der Waals surface area contributed by atoms with E-state index in [0.717, 1.165) is 6.42 Å². The quantitative estimate of drug-likeness (QED) is 0.508. The van der Waals surface area contributed by atoms with E-state index in [9.17, 15) is 8.42 Å². The second-order valence-electron chi connectivity index (χ2n) is 1.57. The second kappa shape index (κ2) is 2.46. The third-order valence-electron chi connectivity index (χ3n) is 0.912. The van der Waals surface area contributed by atoms with Gasteiger partial charge in [-0.1, -0.05) is 7.43 Å². The molecule has 0 aliphatic carbocycles. The fourth-order valence-electron chi connectivity index (χ4n) is 0.562. The van der Waals surface area contributed by atoms with Crippen LogP contribution in [0.3, 0.4) is 0 Å². The Balaban J connectivity index is 0.000000490. The van der Waals surface area contributed by atoms with E-state index in [1.54, 1.807) is 0 Å². The minimum absolute atomic E-state index is 0. The molecular weight excluding hydrogens is 126 g/mol. The van der Waals surface area contributed by atoms with Gasteiger partial charge >= 0.3 is 0 Å². The van der Waals surface area contributed by atoms with Gasteiger partial charge in [-0.25, -0.2) is 13.1 Å². The van der Waals surface area contributed by atoms with E-state index in [4.69, 9.17) is 0 Å². The predicted octanol–water partition coefficient (Wildman–Crippen LogP) is -0.0544. The zero-order chi connectivity index (χ0) is 5.33. The summed E-state index contributed by atoms with van der Waals surface area (Å²) in [5.74, 6) is 0.312. The van der Waals surface area contributed by atoms with Crippen LogP contribution in [0.1, 0.15) is 13.8 Å². The lowest BCUT2D eigenvalue weighted by Crippen LogP contribution is -2.15. The summed E-state index contributed by atoms with van der Waals surface area (Å²) < 4.78 is 23.0. The summed E-state index contributed by atoms with van der Waals surface area (Å²) in [6, 6.07) is 0. The fraction of sp³-hybridized carbons (Fsp3) is 1.00. The van der Waals surface area contributed by atoms with Crippen LogP contribution >= 0.6 is 0 Å². The zero-order valence-electron chi connectivity index (χ0n) is 3.85. The van der Waals surface area contributed by atoms with Crippen LogP contribution in [0.4, 0.5) is 0 Å². The van der Waals surface area contributed by atoms with Crippen molar-refractivity contribution >= 4 is 10.0 Å². The first-order valence-corrected chi connectivity index (χ1v) is 3.83. The molecule has 8 heavy (non-hydrogen) atoms. The van der Waals surface area contributed by atoms with E-state index in [1.807, 2.05) is 0 Å². The van der Waals surface area contributed by atoms with E-state index in [-0.39, 0.29) is 7.43 Å². The summed E-state index contributed by atoms with van der Waals surface area (Å²) in [5, 5.41) is 0. The summed E-state index contributed by atoms with van der Waals surface area (Å²) in [5.41, 5.74) is 0. The molecule has 50 valence electrons. The molecule has 1 saturated heterocycles. The molecule has 1 rings (SSSR count). The maximum Gasteiger partial charge on any atom is 0.211 e. The van der Waals surface area contributed by atoms with Gasteiger partial charge in [0, 0.05) is 6.54 Å². The van der Waals surface area contributed by atoms with Crippen LogP contribution < -0.4 is 4.72 Å². The Bertz CT molecular complexity index is 137. The maximum absolute atomic E-state index is 10.3. The lowest BCUT2D eigenvalue weighted by Gasteiger charge is -1.84. The average molecular weight is 137 g/mol. The van der Waals surface area contributed by atoms with Crippen LogP contribution in [0, 0.1) is 0 Å². The Morgan fingerprint density at radius 2 is 2.00 bits per heavy atom. The highest BCUT2D eigenvalue weighted by atomic mass is 32.2. The molecule has 1 heterocycles. The van der Waals surface area contributed by atoms with E-state index < -0.39 is 10.0 Å². The number of nitrogens with one attached hydrogen (secondary N) is 1. The molecule has 4 heteroatoms. The average Bonchev–Trinajstić information content (AvgIpc) is 1.84. The van der Waals surface area contributed by atoms with Gasteiger partial charge in [0.25, 0.3) is 0 Å². The molecule has 1 aliphatic rings. The molecule has 0 unspecified atom stereocenters. The number of hydrogen-bond donors (Lipinski definition) is 1. The third-order valence-corrected chi connectivity index (χ3v) is 2.38. The highest BCUT2D eigenvalue weighted by Crippen LogP contribution is 1.95. The van der Waals surface area contributed by atoms with Crippen molar-refractivity contribution in [3.8, 4) is 0 Å². The molecule has 1 N–H and O–H groups in total. The number of hydrogen-bond acceptors (Lipinski definition) is 2. The fourth-order valence-corrected chi connectivity index (χ4v) is 1.69. The van der Waals surface area contributed by atoms with Gasteiger partial charge < -0.3 is 0 Å². The van der Waals surface area contributed by atoms with Gasteiger partial charge in [-0.05, 0) is 6.42 Å². The minimum atomic E-state index is -2.80. The summed E-state index contributed by atoms with van der Waals surface area (Å²) in [7, 11) is -2.80. The van der Waals surface area contributed by atoms with Gasteiger partial charge in [0.15, 0.2) is 0 Å². The van der Waals surface area contributed by atoms with Crippen LogP contribution in [-0.2, 0) is 10.0 Å². The Hall–Kier alpha value is -0.0900. The monoisotopic (exact) mass is 137 g/mol. The topological polar surface area (TPSA) is 46.2 Å². The maximum atomic E-state index is 10.3. The van der Waals surface area contributed by atoms with E-state index in [0.29, 0.717) is 12.3 Å². The van der Waals surface area contributed by atoms with Crippen molar-refractivity contribution in [2.45, 2.75) is 13.8 Å². The molecule has 0 saturated carbocycles. The standard InChI is InChI=1S/C3H7NO2S.CH4/c5-7(6)3-1-2-4-7;/h4H,1-3H2;1H4. The van der Waals surface area contributed by atoms with Crippen LogP contribution in [0.25, 0.3) is 0 Å². The first-order valence-electron chi connectivity index (χ1n) is 2.18. The molecule has 1 fully saturated rings. The van der Waals surface area contributed by atoms with Crippen LogP contribution in [0.15, 0.2) is 0 Å². The summed E-state index contributed by atoms with van der Waals surface area (Å²) in [6.07, 6.45) is 0.766. The van der Waals surface area contributed by atoms with Crippen LogP contribution in [0.5, 0.6) is 0 Å². The highest BCUT2D eigenvalue weighted by molar-refractivity contribution is 7.89. The molecule has 0 radical (unpaired) electrons. The van der Waals surface area contributed by atoms with Gasteiger partial charge in [-0.2, -0.15) is 0 Å². The summed E-state index contributed by atoms with van der Waals surface area (Å²) in [4.78, 5) is 0. The Morgan fingerprint density at radius 1 is 1.38 bits per heavy atom. The summed E-state index contributed by atoms with van der Waals surface area (Å²) >= 11 is 0. The van der Waals surface area contributed by atoms with E-state index >= 15 is 0 Å². The predicted molar refractivity (Wildman–Crippen MR) is 33.1 cm³/mol. The Kier molecular flexibility index (Phi) is 2.43. The molecule has 3 nitrogen and oxygen atoms in total. The zero-order valence-corrected chi connectivity index (χ0v) is 4.66. The largest absolute Gasteiger partial charge is 0.215 e. The van der Waals surface area contributed by atoms with Gasteiger partial charge in [0.2, 0.25) is 10.0 Å². The molecular formula is C4H11NO2S. The first kappa shape index (κ1) is 7.91. The van der Waals surface area contributed by atoms with Crippen molar-refractivity contribution < 1.29 is 8.42 Å². The SMILES string of the molecule is C.O=S1(=O)CCCN1. The van der Waals surface area contributed by atoms with Crippen LogP contribution in [-0.4, -0.2) is 20.7 Å². The molecule has 0 atom stereocenters. The second-order valence-corrected chi connectivity index (χ2v) is 3.49. The normalized spacial score (nSPS) is 24.5. The van der Waals surface area contributed by atoms with Gasteiger partial charge in [-0.3, -0.25) is 0 Å². The lowest BCUT2D eigenvalue weighted by molar-refractivity contribution is 0.594. The van der Waals surface area contributed by atoms with E-state index in [2.05, 4.69) is 4.72 Å². The van der Waals surface area contributed by atoms with Gasteiger partial charge in [0.1, 0.15) is 0 Å². The minimum Gasteiger partial charge on any atom is -0.215 e. The summed E-state index contributed by atoms with van der Waals surface area (Å²) in [6.45, 7) is 0.627. The molecule has 0 aromatic carbocycles. The van der Waals surface area contributed by atoms with E-state index in [1.165, 1.54) is 0 Å². The van der Waals surface area contributed by atoms with Gasteiger partial charge in [0.05, 0.1) is 5.75 Å². The Morgan fingerprint density at radius 3 is 2.12 bits per heavy atom. The molecule has 0 amide bonds. The number of rotatable bonds is 0. The molecule has 0 bridgehead atoms. The highest BCUT2D eigenvalue weighted by Gasteiger charge is 2.14. The molecule has 0 spiro atoms. The first-order chi connectivity index (χ1) is 3.21. The van der Waals surface area contributed by atoms with Crippen molar-refractivity contribution in [3.05, 3.63) is 0 Å². The van der Waals surface area contributed by atoms with Gasteiger partial charge in [-0.15, -0.1) is 0 Å². The third kappa shape index (κ3) is 1.79. The van der Waals surface area contributed by atoms with Crippen LogP contribution in [0.2, 0.25) is 0 Å².